The summed E-state index contributed by atoms with van der Waals surface area (Å²) in [6.45, 7) is 3.18. The fourth-order valence-corrected chi connectivity index (χ4v) is 2.21. The first-order valence-corrected chi connectivity index (χ1v) is 9.22. The van der Waals surface area contributed by atoms with Crippen LogP contribution in [0.1, 0.15) is 33.1 Å². The fraction of sp³-hybridized carbons (Fsp3) is 0.706. The van der Waals surface area contributed by atoms with Gasteiger partial charge < -0.3 is 46.4 Å². The third-order valence-electron chi connectivity index (χ3n) is 4.48. The summed E-state index contributed by atoms with van der Waals surface area (Å²) >= 11 is 0. The Morgan fingerprint density at radius 2 is 1.42 bits per heavy atom. The van der Waals surface area contributed by atoms with Gasteiger partial charge in [-0.05, 0) is 12.3 Å². The summed E-state index contributed by atoms with van der Waals surface area (Å²) in [5.74, 6) is -7.67. The maximum atomic E-state index is 12.3. The molecule has 14 heteroatoms. The van der Waals surface area contributed by atoms with Crippen LogP contribution in [0.5, 0.6) is 0 Å². The third-order valence-corrected chi connectivity index (χ3v) is 4.48. The Morgan fingerprint density at radius 3 is 1.87 bits per heavy atom. The maximum absolute atomic E-state index is 12.3. The van der Waals surface area contributed by atoms with E-state index in [4.69, 9.17) is 21.1 Å². The summed E-state index contributed by atoms with van der Waals surface area (Å²) < 4.78 is 4.41. The lowest BCUT2D eigenvalue weighted by atomic mass is 9.98. The lowest BCUT2D eigenvalue weighted by Gasteiger charge is -2.25. The van der Waals surface area contributed by atoms with Crippen LogP contribution in [0.15, 0.2) is 0 Å². The molecule has 0 radical (unpaired) electrons. The van der Waals surface area contributed by atoms with Crippen molar-refractivity contribution in [2.45, 2.75) is 69.6 Å². The largest absolute Gasteiger partial charge is 0.480 e. The van der Waals surface area contributed by atoms with Crippen LogP contribution in [0.25, 0.3) is 0 Å². The van der Waals surface area contributed by atoms with Gasteiger partial charge in [0, 0.05) is 6.42 Å². The molecule has 0 aliphatic carbocycles. The van der Waals surface area contributed by atoms with E-state index >= 15 is 0 Å². The van der Waals surface area contributed by atoms with Crippen LogP contribution in [0.4, 0.5) is 0 Å². The standard InChI is InChI=1S/C17H28N2O12/c1-3-6(2)9(19-8(20)5-4-7(18)14(25)26)16(29)31-17(30)13(24)11(22)10(21)12(23)15(27)28/h6-7,9-13,21-24H,3-5,18H2,1-2H3,(H,19,20)(H,25,26)(H,27,28)/t6-,7-,9-,10-,11-,12-,13+/m0/s1. The molecule has 0 rings (SSSR count). The first kappa shape index (κ1) is 28.4. The van der Waals surface area contributed by atoms with E-state index in [1.54, 1.807) is 6.92 Å². The van der Waals surface area contributed by atoms with E-state index in [0.29, 0.717) is 6.42 Å². The molecule has 0 aliphatic rings. The zero-order chi connectivity index (χ0) is 24.5. The van der Waals surface area contributed by atoms with Crippen molar-refractivity contribution in [3.63, 3.8) is 0 Å². The molecule has 14 nitrogen and oxygen atoms in total. The van der Waals surface area contributed by atoms with Crippen LogP contribution >= 0.6 is 0 Å². The molecule has 0 saturated heterocycles. The highest BCUT2D eigenvalue weighted by atomic mass is 16.6. The molecule has 7 atom stereocenters. The molecule has 0 aromatic rings. The van der Waals surface area contributed by atoms with Crippen LogP contribution in [0.3, 0.4) is 0 Å². The number of carbonyl (C=O) groups is 5. The highest BCUT2D eigenvalue weighted by Gasteiger charge is 2.40. The molecule has 178 valence electrons. The molecular weight excluding hydrogens is 424 g/mol. The van der Waals surface area contributed by atoms with Crippen molar-refractivity contribution in [1.82, 2.24) is 5.32 Å². The average molecular weight is 452 g/mol. The second kappa shape index (κ2) is 12.9. The molecule has 9 N–H and O–H groups in total. The van der Waals surface area contributed by atoms with E-state index in [-0.39, 0.29) is 12.8 Å². The topological polar surface area (TPSA) is 254 Å². The van der Waals surface area contributed by atoms with Crippen LogP contribution in [-0.2, 0) is 28.7 Å². The molecule has 0 aromatic carbocycles. The molecule has 1 amide bonds. The maximum Gasteiger partial charge on any atom is 0.345 e. The number of amides is 1. The van der Waals surface area contributed by atoms with Gasteiger partial charge >= 0.3 is 23.9 Å². The quantitative estimate of drug-likeness (QED) is 0.0990. The highest BCUT2D eigenvalue weighted by molar-refractivity contribution is 5.93. The predicted molar refractivity (Wildman–Crippen MR) is 99.0 cm³/mol. The predicted octanol–water partition coefficient (Wildman–Crippen LogP) is -3.69. The van der Waals surface area contributed by atoms with Crippen molar-refractivity contribution in [3.8, 4) is 0 Å². The zero-order valence-corrected chi connectivity index (χ0v) is 16.9. The minimum absolute atomic E-state index is 0.225. The van der Waals surface area contributed by atoms with E-state index in [1.165, 1.54) is 6.92 Å². The number of aliphatic carboxylic acids is 2. The number of ether oxygens (including phenoxy) is 1. The van der Waals surface area contributed by atoms with Gasteiger partial charge in [-0.2, -0.15) is 0 Å². The van der Waals surface area contributed by atoms with E-state index in [0.717, 1.165) is 0 Å². The SMILES string of the molecule is CC[C@H](C)[C@H](NC(=O)CC[C@H](N)C(=O)O)C(=O)OC(=O)[C@H](O)[C@@H](O)[C@H](O)[C@H](O)C(=O)O. The smallest absolute Gasteiger partial charge is 0.345 e. The summed E-state index contributed by atoms with van der Waals surface area (Å²) in [7, 11) is 0. The zero-order valence-electron chi connectivity index (χ0n) is 16.9. The summed E-state index contributed by atoms with van der Waals surface area (Å²) in [4.78, 5) is 57.5. The van der Waals surface area contributed by atoms with Gasteiger partial charge in [-0.25, -0.2) is 14.4 Å². The molecule has 0 fully saturated rings. The summed E-state index contributed by atoms with van der Waals surface area (Å²) in [5.41, 5.74) is 5.29. The van der Waals surface area contributed by atoms with Gasteiger partial charge in [0.25, 0.3) is 0 Å². The van der Waals surface area contributed by atoms with E-state index in [9.17, 15) is 39.3 Å². The van der Waals surface area contributed by atoms with Gasteiger partial charge in [0.1, 0.15) is 24.3 Å². The first-order valence-electron chi connectivity index (χ1n) is 9.22. The molecule has 0 saturated carbocycles. The van der Waals surface area contributed by atoms with Gasteiger partial charge in [-0.1, -0.05) is 20.3 Å². The lowest BCUT2D eigenvalue weighted by Crippen LogP contribution is -2.52. The Morgan fingerprint density at radius 1 is 0.903 bits per heavy atom. The van der Waals surface area contributed by atoms with Crippen molar-refractivity contribution >= 4 is 29.8 Å². The number of rotatable bonds is 13. The molecule has 0 aromatic heterocycles. The fourth-order valence-electron chi connectivity index (χ4n) is 2.21. The number of aliphatic hydroxyl groups excluding tert-OH is 4. The Kier molecular flexibility index (Phi) is 11.8. The number of nitrogens with one attached hydrogen (secondary N) is 1. The molecular formula is C17H28N2O12. The molecule has 0 heterocycles. The van der Waals surface area contributed by atoms with Crippen molar-refractivity contribution in [2.24, 2.45) is 11.7 Å². The second-order valence-electron chi connectivity index (χ2n) is 6.86. The molecule has 0 unspecified atom stereocenters. The van der Waals surface area contributed by atoms with Gasteiger partial charge in [-0.15, -0.1) is 0 Å². The molecule has 0 spiro atoms. The third kappa shape index (κ3) is 8.94. The molecule has 0 bridgehead atoms. The lowest BCUT2D eigenvalue weighted by molar-refractivity contribution is -0.181. The Hall–Kier alpha value is -2.65. The minimum atomic E-state index is -2.59. The van der Waals surface area contributed by atoms with Gasteiger partial charge in [0.2, 0.25) is 5.91 Å². The number of carboxylic acids is 2. The van der Waals surface area contributed by atoms with Crippen molar-refractivity contribution in [2.75, 3.05) is 0 Å². The highest BCUT2D eigenvalue weighted by Crippen LogP contribution is 2.13. The average Bonchev–Trinajstić information content (AvgIpc) is 2.72. The van der Waals surface area contributed by atoms with Gasteiger partial charge in [0.05, 0.1) is 0 Å². The number of hydrogen-bond donors (Lipinski definition) is 8. The van der Waals surface area contributed by atoms with Gasteiger partial charge in [-0.3, -0.25) is 9.59 Å². The number of esters is 2. The Bertz CT molecular complexity index is 669. The summed E-state index contributed by atoms with van der Waals surface area (Å²) in [6, 6.07) is -2.69. The number of carboxylic acid groups (broad SMARTS) is 2. The summed E-state index contributed by atoms with van der Waals surface area (Å²) in [6.07, 6.45) is -10.3. The summed E-state index contributed by atoms with van der Waals surface area (Å²) in [5, 5.41) is 57.5. The van der Waals surface area contributed by atoms with Crippen molar-refractivity contribution in [1.29, 1.82) is 0 Å². The first-order chi connectivity index (χ1) is 14.2. The monoisotopic (exact) mass is 452 g/mol. The van der Waals surface area contributed by atoms with Crippen LogP contribution in [-0.4, -0.2) is 96.9 Å². The van der Waals surface area contributed by atoms with Crippen LogP contribution < -0.4 is 11.1 Å². The van der Waals surface area contributed by atoms with Crippen molar-refractivity contribution < 1.29 is 59.3 Å². The number of nitrogens with two attached hydrogens (primary N) is 1. The van der Waals surface area contributed by atoms with Gasteiger partial charge in [0.15, 0.2) is 12.2 Å². The number of aliphatic hydroxyl groups is 4. The Labute approximate surface area is 176 Å². The van der Waals surface area contributed by atoms with Crippen LogP contribution in [0.2, 0.25) is 0 Å². The number of hydrogen-bond acceptors (Lipinski definition) is 11. The van der Waals surface area contributed by atoms with Crippen LogP contribution in [0, 0.1) is 5.92 Å². The Balaban J connectivity index is 5.11. The normalized spacial score (nSPS) is 17.9. The minimum Gasteiger partial charge on any atom is -0.480 e. The van der Waals surface area contributed by atoms with E-state index in [2.05, 4.69) is 10.1 Å². The molecule has 0 aliphatic heterocycles. The van der Waals surface area contributed by atoms with E-state index in [1.807, 2.05) is 0 Å². The molecule has 31 heavy (non-hydrogen) atoms. The van der Waals surface area contributed by atoms with Crippen molar-refractivity contribution in [3.05, 3.63) is 0 Å². The second-order valence-corrected chi connectivity index (χ2v) is 6.86. The number of carbonyl (C=O) groups excluding carboxylic acids is 3. The van der Waals surface area contributed by atoms with E-state index < -0.39 is 72.2 Å².